The average Bonchev–Trinajstić information content (AvgIpc) is 0.914. The van der Waals surface area contributed by atoms with Crippen molar-refractivity contribution in [1.29, 1.82) is 0 Å². The number of carbonyl (C=O) groups is 7. The number of hydrogen-bond donors (Lipinski definition) is 2. The molecule has 0 aromatic carbocycles. The van der Waals surface area contributed by atoms with Gasteiger partial charge in [-0.2, -0.15) is 70.6 Å². The second-order valence-corrected chi connectivity index (χ2v) is 39.0. The minimum atomic E-state index is -0.629. The molecule has 0 bridgehead atoms. The van der Waals surface area contributed by atoms with Crippen LogP contribution in [0.25, 0.3) is 0 Å². The topological polar surface area (TPSA) is 216 Å². The fraction of sp³-hybridized carbons (Fsp3) is 0.859. The van der Waals surface area contributed by atoms with E-state index in [-0.39, 0.29) is 89.2 Å². The molecule has 24 heteroatoms. The van der Waals surface area contributed by atoms with Crippen LogP contribution in [0.3, 0.4) is 0 Å². The van der Waals surface area contributed by atoms with E-state index in [2.05, 4.69) is 165 Å². The predicted octanol–water partition coefficient (Wildman–Crippen LogP) is 16.4. The van der Waals surface area contributed by atoms with E-state index >= 15 is 0 Å². The normalized spacial score (nSPS) is 13.3. The molecule has 1 unspecified atom stereocenters. The Morgan fingerprint density at radius 3 is 0.927 bits per heavy atom. The summed E-state index contributed by atoms with van der Waals surface area (Å²) in [5.74, 6) is 14.1. The summed E-state index contributed by atoms with van der Waals surface area (Å²) >= 11 is 10.8. The average molecular weight is 1650 g/mol. The molecule has 1 rings (SSSR count). The predicted molar refractivity (Wildman–Crippen MR) is 487 cm³/mol. The van der Waals surface area contributed by atoms with Gasteiger partial charge in [0.1, 0.15) is 6.04 Å². The fourth-order valence-corrected chi connectivity index (χ4v) is 17.3. The first-order valence-corrected chi connectivity index (χ1v) is 48.0. The number of aromatic nitrogens is 1. The summed E-state index contributed by atoms with van der Waals surface area (Å²) in [4.78, 5) is 103. The van der Waals surface area contributed by atoms with Gasteiger partial charge < -0.3 is 50.5 Å². The van der Waals surface area contributed by atoms with Crippen LogP contribution in [0, 0.1) is 71.0 Å². The number of carbonyl (C=O) groups excluding carboxylic acids is 7. The Labute approximate surface area is 697 Å². The molecule has 0 radical (unpaired) electrons. The summed E-state index contributed by atoms with van der Waals surface area (Å²) in [5.41, 5.74) is 12.5. The number of pyridine rings is 1. The van der Waals surface area contributed by atoms with Crippen LogP contribution in [-0.2, 0) is 44.7 Å². The lowest BCUT2D eigenvalue weighted by Crippen LogP contribution is -2.41. The van der Waals surface area contributed by atoms with Gasteiger partial charge in [0.2, 0.25) is 35.4 Å². The molecule has 0 aliphatic rings. The molecule has 7 atom stereocenters. The number of unbranched alkanes of at least 4 members (excludes halogenated alkanes) is 2. The minimum absolute atomic E-state index is 0.0581. The number of methoxy groups -OCH3 is 1. The highest BCUT2D eigenvalue weighted by molar-refractivity contribution is 8.00. The Hall–Kier alpha value is -2.58. The molecule has 0 aliphatic carbocycles. The van der Waals surface area contributed by atoms with Crippen molar-refractivity contribution in [3.05, 3.63) is 30.1 Å². The third kappa shape index (κ3) is 52.6. The van der Waals surface area contributed by atoms with Crippen molar-refractivity contribution in [3.63, 3.8) is 0 Å². The third-order valence-corrected chi connectivity index (χ3v) is 26.3. The molecule has 644 valence electrons. The van der Waals surface area contributed by atoms with Crippen molar-refractivity contribution in [2.24, 2.45) is 82.5 Å². The zero-order valence-corrected chi connectivity index (χ0v) is 81.1. The smallest absolute Gasteiger partial charge is 0.323 e. The Kier molecular flexibility index (Phi) is 71.3. The number of aryl methyl sites for hydroxylation is 1. The first kappa shape index (κ1) is 115. The number of thioether (sulfide) groups is 6. The van der Waals surface area contributed by atoms with Gasteiger partial charge in [-0.1, -0.05) is 117 Å². The second kappa shape index (κ2) is 67.6. The van der Waals surface area contributed by atoms with E-state index in [1.54, 1.807) is 28.4 Å². The number of ether oxygens (including phenoxy) is 1. The summed E-state index contributed by atoms with van der Waals surface area (Å²) in [7, 11) is 12.7. The van der Waals surface area contributed by atoms with Crippen LogP contribution < -0.4 is 11.5 Å². The summed E-state index contributed by atoms with van der Waals surface area (Å²) in [6, 6.07) is 5.07. The van der Waals surface area contributed by atoms with Crippen molar-refractivity contribution in [2.45, 2.75) is 255 Å². The van der Waals surface area contributed by atoms with E-state index in [4.69, 9.17) is 11.5 Å². The maximum Gasteiger partial charge on any atom is 0.323 e. The molecular formula is C85H170N10O8S6. The molecular weight excluding hydrogens is 1480 g/mol. The van der Waals surface area contributed by atoms with Gasteiger partial charge in [0.05, 0.1) is 7.11 Å². The molecule has 4 N–H and O–H groups in total. The van der Waals surface area contributed by atoms with E-state index in [0.29, 0.717) is 71.5 Å². The van der Waals surface area contributed by atoms with E-state index in [0.717, 1.165) is 72.1 Å². The summed E-state index contributed by atoms with van der Waals surface area (Å²) < 4.78 is 4.58. The molecule has 6 amide bonds. The summed E-state index contributed by atoms with van der Waals surface area (Å²) in [5, 5.41) is 0. The molecule has 1 aromatic heterocycles. The van der Waals surface area contributed by atoms with Crippen LogP contribution >= 0.6 is 70.6 Å². The fourth-order valence-electron chi connectivity index (χ4n) is 9.96. The van der Waals surface area contributed by atoms with Crippen molar-refractivity contribution < 1.29 is 38.3 Å². The number of rotatable bonds is 47. The third-order valence-electron chi connectivity index (χ3n) is 20.0. The van der Waals surface area contributed by atoms with Crippen LogP contribution in [0.15, 0.2) is 24.5 Å². The van der Waals surface area contributed by atoms with Gasteiger partial charge in [-0.3, -0.25) is 38.5 Å². The van der Waals surface area contributed by atoms with Crippen LogP contribution in [0.5, 0.6) is 0 Å². The van der Waals surface area contributed by atoms with Gasteiger partial charge in [0, 0.05) is 191 Å². The standard InChI is InChI=1S/C17H28N2OS.C16H34N2OS.C15H31NOS.C14H28N2O3S.C12H26N2OS.C11H23NOS/c1-13(2)16(17(20)19(5)14(3)4)12-21-11-8-15-6-9-18-10-7-15;1-8-18(9-2)10-11-20-12-15(13(3)4)16(19)17(7)14(5)6;1-7-8-9-10-18-11-14(12(2)3)15(17)16(6)13(4)5;1-9(2)11(13(17)16(5)10(3)4)7-20-8-12(15)14(18)19-6;1-9(2)11(8-16-7-6-13)12(15)14(5)10(3)4;1-8(2)10(7-14-6)11(13)12(5)9(3)4/h6-7,9-10,13-14,16H,8,11-12H2,1-5H3;13-15H,8-12H2,1-7H3;12-14H,7-11H2,1-6H3;9-12H,7-8,15H2,1-6H3;9-11H,6-8,13H2,1-5H3;8-10H,7H2,1-6H3/t16-;15-;14-;11-,12?;11-;10-/m000000/s1. The number of hydrogen-bond acceptors (Lipinski definition) is 18. The van der Waals surface area contributed by atoms with Gasteiger partial charge in [0.15, 0.2) is 0 Å². The first-order valence-electron chi connectivity index (χ1n) is 40.9. The quantitative estimate of drug-likeness (QED) is 0.0458. The molecule has 0 saturated carbocycles. The molecule has 0 fully saturated rings. The Morgan fingerprint density at radius 2 is 0.670 bits per heavy atom. The summed E-state index contributed by atoms with van der Waals surface area (Å²) in [6.45, 7) is 60.7. The largest absolute Gasteiger partial charge is 0.468 e. The zero-order valence-electron chi connectivity index (χ0n) is 76.2. The van der Waals surface area contributed by atoms with Crippen molar-refractivity contribution >= 4 is 112 Å². The Morgan fingerprint density at radius 1 is 0.394 bits per heavy atom. The second-order valence-electron chi connectivity index (χ2n) is 32.4. The van der Waals surface area contributed by atoms with Crippen LogP contribution in [-0.4, -0.2) is 268 Å². The van der Waals surface area contributed by atoms with Crippen molar-refractivity contribution in [1.82, 2.24) is 39.3 Å². The molecule has 1 aromatic rings. The number of nitrogens with zero attached hydrogens (tertiary/aromatic N) is 8. The van der Waals surface area contributed by atoms with E-state index in [1.165, 1.54) is 49.5 Å². The van der Waals surface area contributed by atoms with Gasteiger partial charge >= 0.3 is 5.97 Å². The van der Waals surface area contributed by atoms with Gasteiger partial charge in [-0.15, -0.1) is 0 Å². The molecule has 0 saturated heterocycles. The van der Waals surface area contributed by atoms with Gasteiger partial charge in [-0.05, 0) is 180 Å². The Bertz CT molecular complexity index is 2460. The van der Waals surface area contributed by atoms with Crippen molar-refractivity contribution in [3.8, 4) is 0 Å². The van der Waals surface area contributed by atoms with Crippen LogP contribution in [0.2, 0.25) is 0 Å². The monoisotopic (exact) mass is 1650 g/mol. The number of nitrogens with two attached hydrogens (primary N) is 2. The maximum absolute atomic E-state index is 12.5. The van der Waals surface area contributed by atoms with Crippen molar-refractivity contribution in [2.75, 3.05) is 145 Å². The van der Waals surface area contributed by atoms with Crippen LogP contribution in [0.4, 0.5) is 0 Å². The van der Waals surface area contributed by atoms with Gasteiger partial charge in [0.25, 0.3) is 0 Å². The highest BCUT2D eigenvalue weighted by Crippen LogP contribution is 2.27. The van der Waals surface area contributed by atoms with E-state index in [1.807, 2.05) is 170 Å². The number of amides is 6. The minimum Gasteiger partial charge on any atom is -0.468 e. The molecule has 0 spiro atoms. The van der Waals surface area contributed by atoms with E-state index < -0.39 is 12.0 Å². The summed E-state index contributed by atoms with van der Waals surface area (Å²) in [6.07, 6.45) is 10.6. The highest BCUT2D eigenvalue weighted by atomic mass is 32.2. The maximum atomic E-state index is 12.5. The zero-order chi connectivity index (χ0) is 85.6. The molecule has 0 aliphatic heterocycles. The van der Waals surface area contributed by atoms with Crippen LogP contribution in [0.1, 0.15) is 212 Å². The Balaban J connectivity index is -0.000000399. The number of esters is 1. The highest BCUT2D eigenvalue weighted by Gasteiger charge is 2.32. The molecule has 109 heavy (non-hydrogen) atoms. The lowest BCUT2D eigenvalue weighted by Gasteiger charge is -2.29. The molecule has 18 nitrogen and oxygen atoms in total. The lowest BCUT2D eigenvalue weighted by molar-refractivity contribution is -0.141. The van der Waals surface area contributed by atoms with E-state index in [9.17, 15) is 33.6 Å². The van der Waals surface area contributed by atoms with Gasteiger partial charge in [-0.25, -0.2) is 0 Å². The first-order chi connectivity index (χ1) is 50.7. The molecule has 1 heterocycles. The SMILES string of the molecule is CC(C)[C@H](CSCCN)C(=O)N(C)C(C)C.CC(C)[C@H](CSCCc1ccncc1)C(=O)N(C)C(C)C.CCCCCSC[C@H](C(=O)N(C)C(C)C)C(C)C.CCN(CC)CCSC[C@H](C(=O)N(C)C(C)C)C(C)C.COC(=O)C(N)CSC[C@H](C(=O)N(C)C(C)C)C(C)C.CSC[C@H](C(=O)N(C)C(C)C)C(C)C. The lowest BCUT2D eigenvalue weighted by atomic mass is 9.96.